The Balaban J connectivity index is 2.09. The van der Waals surface area contributed by atoms with Crippen LogP contribution in [-0.2, 0) is 0 Å². The summed E-state index contributed by atoms with van der Waals surface area (Å²) in [5, 5.41) is 10.4. The van der Waals surface area contributed by atoms with Gasteiger partial charge in [0.2, 0.25) is 0 Å². The molecule has 0 aromatic heterocycles. The zero-order chi connectivity index (χ0) is 16.5. The van der Waals surface area contributed by atoms with Gasteiger partial charge in [-0.15, -0.1) is 0 Å². The molecule has 0 bridgehead atoms. The van der Waals surface area contributed by atoms with Crippen LogP contribution in [0.1, 0.15) is 44.7 Å². The minimum atomic E-state index is -0.274. The number of nitrogens with two attached hydrogens (primary N) is 1. The van der Waals surface area contributed by atoms with Crippen LogP contribution in [0.5, 0.6) is 0 Å². The van der Waals surface area contributed by atoms with Gasteiger partial charge in [-0.3, -0.25) is 0 Å². The second-order valence-corrected chi connectivity index (χ2v) is 8.15. The lowest BCUT2D eigenvalue weighted by Crippen LogP contribution is -2.48. The molecule has 2 rings (SSSR count). The molecule has 124 valence electrons. The van der Waals surface area contributed by atoms with Crippen LogP contribution in [0.25, 0.3) is 0 Å². The molecule has 0 saturated carbocycles. The normalized spacial score (nSPS) is 24.4. The van der Waals surface area contributed by atoms with Gasteiger partial charge < -0.3 is 15.7 Å². The minimum Gasteiger partial charge on any atom is -0.393 e. The quantitative estimate of drug-likeness (QED) is 0.901. The van der Waals surface area contributed by atoms with Gasteiger partial charge in [0.15, 0.2) is 0 Å². The molecule has 3 heteroatoms. The number of hydrogen-bond acceptors (Lipinski definition) is 3. The molecule has 1 aromatic rings. The number of anilines is 1. The monoisotopic (exact) mass is 304 g/mol. The third kappa shape index (κ3) is 4.23. The maximum atomic E-state index is 10.4. The molecule has 0 spiro atoms. The summed E-state index contributed by atoms with van der Waals surface area (Å²) >= 11 is 0. The lowest BCUT2D eigenvalue weighted by atomic mass is 9.80. The summed E-state index contributed by atoms with van der Waals surface area (Å²) in [5.41, 5.74) is 10.1. The first kappa shape index (κ1) is 17.3. The Bertz CT molecular complexity index is 507. The van der Waals surface area contributed by atoms with Crippen molar-refractivity contribution in [2.24, 2.45) is 17.1 Å². The molecule has 3 N–H and O–H groups in total. The minimum absolute atomic E-state index is 0.0627. The van der Waals surface area contributed by atoms with Gasteiger partial charge in [-0.1, -0.05) is 26.8 Å². The highest BCUT2D eigenvalue weighted by Crippen LogP contribution is 2.31. The molecule has 3 unspecified atom stereocenters. The predicted octanol–water partition coefficient (Wildman–Crippen LogP) is 3.25. The standard InChI is InChI=1S/C19H32N2O/c1-13-6-7-17(8-14(13)2)21-11-15(9-16(20)12-21)10-18(22)19(3,4)5/h6-8,15-16,18,22H,9-12,20H2,1-5H3. The van der Waals surface area contributed by atoms with Crippen molar-refractivity contribution in [3.63, 3.8) is 0 Å². The van der Waals surface area contributed by atoms with Crippen LogP contribution in [0.3, 0.4) is 0 Å². The Morgan fingerprint density at radius 2 is 1.91 bits per heavy atom. The van der Waals surface area contributed by atoms with Crippen molar-refractivity contribution in [1.82, 2.24) is 0 Å². The Morgan fingerprint density at radius 3 is 2.50 bits per heavy atom. The highest BCUT2D eigenvalue weighted by atomic mass is 16.3. The summed E-state index contributed by atoms with van der Waals surface area (Å²) < 4.78 is 0. The first-order valence-corrected chi connectivity index (χ1v) is 8.42. The van der Waals surface area contributed by atoms with E-state index < -0.39 is 0 Å². The SMILES string of the molecule is Cc1ccc(N2CC(N)CC(CC(O)C(C)(C)C)C2)cc1C. The third-order valence-electron chi connectivity index (χ3n) is 4.98. The number of nitrogens with zero attached hydrogens (tertiary/aromatic N) is 1. The van der Waals surface area contributed by atoms with E-state index in [1.54, 1.807) is 0 Å². The topological polar surface area (TPSA) is 49.5 Å². The molecule has 1 heterocycles. The average Bonchev–Trinajstić information content (AvgIpc) is 2.40. The molecule has 1 aliphatic rings. The highest BCUT2D eigenvalue weighted by molar-refractivity contribution is 5.51. The van der Waals surface area contributed by atoms with Gasteiger partial charge in [0.25, 0.3) is 0 Å². The Labute approximate surface area is 135 Å². The second-order valence-electron chi connectivity index (χ2n) is 8.15. The van der Waals surface area contributed by atoms with Crippen LogP contribution in [0.2, 0.25) is 0 Å². The number of aliphatic hydroxyl groups is 1. The number of aryl methyl sites for hydroxylation is 2. The first-order valence-electron chi connectivity index (χ1n) is 8.42. The van der Waals surface area contributed by atoms with Crippen LogP contribution in [0.4, 0.5) is 5.69 Å². The van der Waals surface area contributed by atoms with Gasteiger partial charge in [-0.25, -0.2) is 0 Å². The molecule has 0 amide bonds. The maximum absolute atomic E-state index is 10.4. The summed E-state index contributed by atoms with van der Waals surface area (Å²) in [5.74, 6) is 0.458. The van der Waals surface area contributed by atoms with E-state index >= 15 is 0 Å². The predicted molar refractivity (Wildman–Crippen MR) is 94.3 cm³/mol. The van der Waals surface area contributed by atoms with Crippen molar-refractivity contribution in [2.45, 2.75) is 59.6 Å². The molecule has 3 atom stereocenters. The van der Waals surface area contributed by atoms with Crippen molar-refractivity contribution in [3.05, 3.63) is 29.3 Å². The van der Waals surface area contributed by atoms with E-state index in [1.807, 2.05) is 0 Å². The average molecular weight is 304 g/mol. The lowest BCUT2D eigenvalue weighted by Gasteiger charge is -2.40. The smallest absolute Gasteiger partial charge is 0.0591 e. The fourth-order valence-corrected chi connectivity index (χ4v) is 3.22. The summed E-state index contributed by atoms with van der Waals surface area (Å²) in [6, 6.07) is 6.82. The summed E-state index contributed by atoms with van der Waals surface area (Å²) in [4.78, 5) is 2.39. The summed E-state index contributed by atoms with van der Waals surface area (Å²) in [6.07, 6.45) is 1.57. The Hall–Kier alpha value is -1.06. The van der Waals surface area contributed by atoms with E-state index in [0.29, 0.717) is 5.92 Å². The zero-order valence-electron chi connectivity index (χ0n) is 14.8. The Morgan fingerprint density at radius 1 is 1.23 bits per heavy atom. The molecule has 0 radical (unpaired) electrons. The van der Waals surface area contributed by atoms with Crippen molar-refractivity contribution in [3.8, 4) is 0 Å². The molecule has 3 nitrogen and oxygen atoms in total. The lowest BCUT2D eigenvalue weighted by molar-refractivity contribution is 0.0381. The molecular formula is C19H32N2O. The molecule has 1 aromatic carbocycles. The van der Waals surface area contributed by atoms with Crippen molar-refractivity contribution >= 4 is 5.69 Å². The number of aliphatic hydroxyl groups excluding tert-OH is 1. The highest BCUT2D eigenvalue weighted by Gasteiger charge is 2.30. The molecule has 1 saturated heterocycles. The van der Waals surface area contributed by atoms with Gasteiger partial charge in [0.1, 0.15) is 0 Å². The molecule has 22 heavy (non-hydrogen) atoms. The van der Waals surface area contributed by atoms with E-state index in [9.17, 15) is 5.11 Å². The number of piperidine rings is 1. The second kappa shape index (κ2) is 6.59. The van der Waals surface area contributed by atoms with E-state index in [2.05, 4.69) is 57.7 Å². The van der Waals surface area contributed by atoms with Gasteiger partial charge >= 0.3 is 0 Å². The molecular weight excluding hydrogens is 272 g/mol. The molecule has 1 fully saturated rings. The van der Waals surface area contributed by atoms with Crippen LogP contribution in [0, 0.1) is 25.2 Å². The third-order valence-corrected chi connectivity index (χ3v) is 4.98. The zero-order valence-corrected chi connectivity index (χ0v) is 14.8. The fraction of sp³-hybridized carbons (Fsp3) is 0.684. The summed E-state index contributed by atoms with van der Waals surface area (Å²) in [6.45, 7) is 12.5. The van der Waals surface area contributed by atoms with Crippen LogP contribution < -0.4 is 10.6 Å². The van der Waals surface area contributed by atoms with E-state index in [1.165, 1.54) is 16.8 Å². The Kier molecular flexibility index (Phi) is 5.18. The number of hydrogen-bond donors (Lipinski definition) is 2. The summed E-state index contributed by atoms with van der Waals surface area (Å²) in [7, 11) is 0. The fourth-order valence-electron chi connectivity index (χ4n) is 3.22. The number of rotatable bonds is 3. The molecule has 1 aliphatic heterocycles. The van der Waals surface area contributed by atoms with Gasteiger partial charge in [-0.05, 0) is 61.3 Å². The molecule has 0 aliphatic carbocycles. The van der Waals surface area contributed by atoms with E-state index in [0.717, 1.165) is 25.9 Å². The van der Waals surface area contributed by atoms with Crippen LogP contribution in [0.15, 0.2) is 18.2 Å². The van der Waals surface area contributed by atoms with Gasteiger partial charge in [0, 0.05) is 24.8 Å². The van der Waals surface area contributed by atoms with E-state index in [-0.39, 0.29) is 17.6 Å². The van der Waals surface area contributed by atoms with Crippen molar-refractivity contribution < 1.29 is 5.11 Å². The maximum Gasteiger partial charge on any atom is 0.0591 e. The van der Waals surface area contributed by atoms with Crippen LogP contribution in [-0.4, -0.2) is 30.3 Å². The van der Waals surface area contributed by atoms with Crippen molar-refractivity contribution in [2.75, 3.05) is 18.0 Å². The van der Waals surface area contributed by atoms with E-state index in [4.69, 9.17) is 5.73 Å². The number of benzene rings is 1. The largest absolute Gasteiger partial charge is 0.393 e. The van der Waals surface area contributed by atoms with Gasteiger partial charge in [-0.2, -0.15) is 0 Å². The van der Waals surface area contributed by atoms with Gasteiger partial charge in [0.05, 0.1) is 6.10 Å². The first-order chi connectivity index (χ1) is 10.2. The van der Waals surface area contributed by atoms with Crippen LogP contribution >= 0.6 is 0 Å². The van der Waals surface area contributed by atoms with Crippen molar-refractivity contribution in [1.29, 1.82) is 0 Å².